The number of nitrogens with two attached hydrogens (primary N) is 1. The fourth-order valence-electron chi connectivity index (χ4n) is 1.13. The van der Waals surface area contributed by atoms with E-state index in [-0.39, 0.29) is 32.5 Å². The summed E-state index contributed by atoms with van der Waals surface area (Å²) in [5, 5.41) is 0. The van der Waals surface area contributed by atoms with Crippen LogP contribution in [0.4, 0.5) is 0 Å². The van der Waals surface area contributed by atoms with Crippen LogP contribution in [-0.2, 0) is 0 Å². The minimum Gasteiger partial charge on any atom is -0.328 e. The molecule has 0 bridgehead atoms. The van der Waals surface area contributed by atoms with E-state index in [0.29, 0.717) is 6.04 Å². The first-order valence-electron chi connectivity index (χ1n) is 3.15. The normalized spacial score (nSPS) is 22.1. The van der Waals surface area contributed by atoms with Gasteiger partial charge in [0.1, 0.15) is 0 Å². The van der Waals surface area contributed by atoms with Gasteiger partial charge in [-0.15, -0.1) is 0 Å². The summed E-state index contributed by atoms with van der Waals surface area (Å²) in [6.45, 7) is 0. The van der Waals surface area contributed by atoms with E-state index in [4.69, 9.17) is 5.73 Å². The molecule has 1 aliphatic carbocycles. The molecular weight excluding hydrogens is 324 g/mol. The fourth-order valence-corrected chi connectivity index (χ4v) is 1.13. The van der Waals surface area contributed by atoms with E-state index in [0.717, 1.165) is 0 Å². The number of hydrogen-bond acceptors (Lipinski definition) is 1. The first-order chi connectivity index (χ1) is 3.39. The third-order valence-corrected chi connectivity index (χ3v) is 1.65. The Labute approximate surface area is 76.3 Å². The van der Waals surface area contributed by atoms with Crippen molar-refractivity contribution >= 4 is 0 Å². The quantitative estimate of drug-likeness (QED) is 0.712. The van der Waals surface area contributed by atoms with Gasteiger partial charge in [-0.25, -0.2) is 0 Å². The van der Waals surface area contributed by atoms with Crippen LogP contribution in [0.1, 0.15) is 33.5 Å². The summed E-state index contributed by atoms with van der Waals surface area (Å²) in [5.74, 6) is 0. The molecule has 1 saturated carbocycles. The molecule has 0 amide bonds. The van der Waals surface area contributed by atoms with E-state index >= 15 is 0 Å². The average molecular weight is 339 g/mol. The van der Waals surface area contributed by atoms with Crippen LogP contribution in [0.3, 0.4) is 0 Å². The fraction of sp³-hybridized carbons (Fsp3) is 1.00. The Morgan fingerprint density at radius 2 is 1.62 bits per heavy atom. The summed E-state index contributed by atoms with van der Waals surface area (Å²) in [4.78, 5) is 0. The van der Waals surface area contributed by atoms with Crippen molar-refractivity contribution in [1.82, 2.24) is 0 Å². The molecule has 1 nitrogen and oxygen atoms in total. The Morgan fingerprint density at radius 1 is 1.12 bits per heavy atom. The monoisotopic (exact) mass is 339 g/mol. The van der Waals surface area contributed by atoms with Crippen LogP contribution in [0.25, 0.3) is 0 Å². The van der Waals surface area contributed by atoms with Crippen LogP contribution in [0.5, 0.6) is 0 Å². The summed E-state index contributed by atoms with van der Waals surface area (Å²) in [6, 6.07) is 0.536. The maximum Gasteiger partial charge on any atom is 0.00388 e. The summed E-state index contributed by atoms with van der Waals surface area (Å²) in [5.41, 5.74) is 5.63. The number of rotatable bonds is 0. The van der Waals surface area contributed by atoms with Gasteiger partial charge in [0.2, 0.25) is 0 Å². The van der Waals surface area contributed by atoms with Crippen LogP contribution in [0.2, 0.25) is 0 Å². The van der Waals surface area contributed by atoms with Gasteiger partial charge < -0.3 is 5.73 Å². The molecule has 2 heteroatoms. The molecule has 0 spiro atoms. The molecule has 0 aromatic carbocycles. The minimum atomic E-state index is 0. The molecule has 0 aromatic rings. The first-order valence-corrected chi connectivity index (χ1v) is 3.15. The van der Waals surface area contributed by atoms with Gasteiger partial charge in [0.15, 0.2) is 0 Å². The van der Waals surface area contributed by atoms with Gasteiger partial charge in [-0.1, -0.05) is 19.3 Å². The minimum absolute atomic E-state index is 0. The molecule has 0 atom stereocenters. The SMILES string of the molecule is NC1CCCCC1.[HH].[U]. The molecule has 48 valence electrons. The predicted octanol–water partition coefficient (Wildman–Crippen LogP) is 1.52. The van der Waals surface area contributed by atoms with Crippen molar-refractivity contribution in [1.29, 1.82) is 0 Å². The second-order valence-corrected chi connectivity index (χ2v) is 2.40. The van der Waals surface area contributed by atoms with Crippen LogP contribution < -0.4 is 5.73 Å². The Morgan fingerprint density at radius 3 is 1.88 bits per heavy atom. The summed E-state index contributed by atoms with van der Waals surface area (Å²) in [6.07, 6.45) is 6.66. The Bertz CT molecular complexity index is 55.0. The van der Waals surface area contributed by atoms with Crippen LogP contribution in [0.15, 0.2) is 0 Å². The van der Waals surface area contributed by atoms with E-state index in [1.165, 1.54) is 32.1 Å². The van der Waals surface area contributed by atoms with Gasteiger partial charge >= 0.3 is 0 Å². The van der Waals surface area contributed by atoms with Gasteiger partial charge in [0, 0.05) is 38.6 Å². The summed E-state index contributed by atoms with van der Waals surface area (Å²) < 4.78 is 0. The summed E-state index contributed by atoms with van der Waals surface area (Å²) in [7, 11) is 0. The van der Waals surface area contributed by atoms with Crippen LogP contribution >= 0.6 is 0 Å². The Hall–Kier alpha value is 1.01. The van der Waals surface area contributed by atoms with Crippen molar-refractivity contribution < 1.29 is 32.5 Å². The molecule has 0 radical (unpaired) electrons. The van der Waals surface area contributed by atoms with Crippen molar-refractivity contribution in [3.8, 4) is 0 Å². The standard InChI is InChI=1S/C6H13N.U.H2/c7-6-4-2-1-3-5-6;;/h6H,1-5,7H2;;1H. The molecule has 8 heavy (non-hydrogen) atoms. The maximum absolute atomic E-state index is 5.63. The van der Waals surface area contributed by atoms with Gasteiger partial charge in [0.25, 0.3) is 0 Å². The van der Waals surface area contributed by atoms with Crippen LogP contribution in [0, 0.1) is 31.1 Å². The molecule has 1 aliphatic rings. The van der Waals surface area contributed by atoms with Gasteiger partial charge in [0.05, 0.1) is 0 Å². The second kappa shape index (κ2) is 4.85. The third kappa shape index (κ3) is 3.12. The van der Waals surface area contributed by atoms with Gasteiger partial charge in [-0.2, -0.15) is 0 Å². The zero-order valence-corrected chi connectivity index (χ0v) is 9.35. The average Bonchev–Trinajstić information content (AvgIpc) is 1.69. The maximum atomic E-state index is 5.63. The van der Waals surface area contributed by atoms with Gasteiger partial charge in [-0.3, -0.25) is 0 Å². The van der Waals surface area contributed by atoms with Crippen molar-refractivity contribution in [3.63, 3.8) is 0 Å². The van der Waals surface area contributed by atoms with E-state index in [2.05, 4.69) is 0 Å². The van der Waals surface area contributed by atoms with Crippen LogP contribution in [-0.4, -0.2) is 6.04 Å². The molecule has 1 rings (SSSR count). The molecule has 0 unspecified atom stereocenters. The number of hydrogen-bond donors (Lipinski definition) is 1. The molecule has 1 fully saturated rings. The van der Waals surface area contributed by atoms with Crippen molar-refractivity contribution in [2.75, 3.05) is 0 Å². The van der Waals surface area contributed by atoms with Crippen molar-refractivity contribution in [2.45, 2.75) is 38.1 Å². The third-order valence-electron chi connectivity index (χ3n) is 1.65. The second-order valence-electron chi connectivity index (χ2n) is 2.40. The molecule has 2 N–H and O–H groups in total. The van der Waals surface area contributed by atoms with E-state index in [9.17, 15) is 0 Å². The van der Waals surface area contributed by atoms with E-state index in [1.807, 2.05) is 0 Å². The largest absolute Gasteiger partial charge is 0.328 e. The Balaban J connectivity index is 0. The molecular formula is C6H15NU. The van der Waals surface area contributed by atoms with E-state index < -0.39 is 0 Å². The molecule has 0 heterocycles. The molecule has 0 saturated heterocycles. The smallest absolute Gasteiger partial charge is 0.00388 e. The molecule has 0 aromatic heterocycles. The van der Waals surface area contributed by atoms with Crippen molar-refractivity contribution in [3.05, 3.63) is 0 Å². The van der Waals surface area contributed by atoms with Gasteiger partial charge in [-0.05, 0) is 12.8 Å². The van der Waals surface area contributed by atoms with Crippen molar-refractivity contribution in [2.24, 2.45) is 5.73 Å². The predicted molar refractivity (Wildman–Crippen MR) is 33.2 cm³/mol. The first kappa shape index (κ1) is 9.01. The van der Waals surface area contributed by atoms with E-state index in [1.54, 1.807) is 0 Å². The molecule has 0 aliphatic heterocycles. The Kier molecular flexibility index (Phi) is 5.46. The zero-order valence-electron chi connectivity index (χ0n) is 5.19. The summed E-state index contributed by atoms with van der Waals surface area (Å²) >= 11 is 0. The zero-order chi connectivity index (χ0) is 5.11. The topological polar surface area (TPSA) is 26.0 Å².